The van der Waals surface area contributed by atoms with Gasteiger partial charge in [0.25, 0.3) is 0 Å². The molecule has 0 aliphatic rings. The van der Waals surface area contributed by atoms with Crippen molar-refractivity contribution in [1.82, 2.24) is 9.38 Å². The molecule has 0 aromatic carbocycles. The largest absolute Gasteiger partial charge is 0.481 e. The van der Waals surface area contributed by atoms with Crippen molar-refractivity contribution in [3.8, 4) is 0 Å². The molecule has 0 radical (unpaired) electrons. The first-order valence-corrected chi connectivity index (χ1v) is 5.25. The highest BCUT2D eigenvalue weighted by Gasteiger charge is 2.17. The minimum Gasteiger partial charge on any atom is -0.481 e. The molecule has 15 heavy (non-hydrogen) atoms. The Kier molecular flexibility index (Phi) is 2.48. The smallest absolute Gasteiger partial charge is 0.312 e. The third kappa shape index (κ3) is 1.74. The lowest BCUT2D eigenvalue weighted by molar-refractivity contribution is -0.138. The molecule has 2 rings (SSSR count). The summed E-state index contributed by atoms with van der Waals surface area (Å²) in [5.74, 6) is -1.45. The van der Waals surface area contributed by atoms with Crippen LogP contribution in [-0.2, 0) is 4.79 Å². The molecule has 0 aliphatic carbocycles. The van der Waals surface area contributed by atoms with Crippen LogP contribution in [0.15, 0.2) is 29.0 Å². The number of imidazole rings is 1. The second kappa shape index (κ2) is 3.66. The lowest BCUT2D eigenvalue weighted by atomic mass is 10.1. The number of halogens is 1. The van der Waals surface area contributed by atoms with E-state index in [4.69, 9.17) is 5.11 Å². The van der Waals surface area contributed by atoms with E-state index >= 15 is 0 Å². The van der Waals surface area contributed by atoms with E-state index in [9.17, 15) is 4.79 Å². The highest BCUT2D eigenvalue weighted by molar-refractivity contribution is 9.10. The van der Waals surface area contributed by atoms with E-state index in [0.717, 1.165) is 10.1 Å². The van der Waals surface area contributed by atoms with Gasteiger partial charge in [0.15, 0.2) is 5.65 Å². The molecule has 2 aromatic heterocycles. The lowest BCUT2D eigenvalue weighted by Gasteiger charge is -1.98. The Morgan fingerprint density at radius 3 is 3.00 bits per heavy atom. The molecule has 0 saturated carbocycles. The Bertz CT molecular complexity index is 521. The topological polar surface area (TPSA) is 54.6 Å². The van der Waals surface area contributed by atoms with Crippen molar-refractivity contribution in [2.75, 3.05) is 0 Å². The van der Waals surface area contributed by atoms with Crippen LogP contribution < -0.4 is 0 Å². The van der Waals surface area contributed by atoms with E-state index in [-0.39, 0.29) is 0 Å². The molecule has 0 spiro atoms. The number of hydrogen-bond acceptors (Lipinski definition) is 2. The molecule has 2 aromatic rings. The van der Waals surface area contributed by atoms with Gasteiger partial charge in [0.2, 0.25) is 0 Å². The van der Waals surface area contributed by atoms with Gasteiger partial charge in [0.05, 0.1) is 16.1 Å². The molecule has 0 fully saturated rings. The van der Waals surface area contributed by atoms with Crippen molar-refractivity contribution in [2.45, 2.75) is 12.8 Å². The summed E-state index contributed by atoms with van der Waals surface area (Å²) in [6, 6.07) is 3.74. The zero-order chi connectivity index (χ0) is 11.0. The van der Waals surface area contributed by atoms with Gasteiger partial charge in [0.1, 0.15) is 0 Å². The first kappa shape index (κ1) is 10.2. The number of aliphatic carboxylic acids is 1. The number of carboxylic acids is 1. The standard InChI is InChI=1S/C10H9BrN2O2/c1-6(10(14)15)8-5-13-4-2-3-7(11)9(13)12-8/h2-6H,1H3,(H,14,15). The molecule has 0 saturated heterocycles. The molecule has 2 heterocycles. The monoisotopic (exact) mass is 268 g/mol. The summed E-state index contributed by atoms with van der Waals surface area (Å²) < 4.78 is 2.66. The third-order valence-electron chi connectivity index (χ3n) is 2.27. The molecule has 1 unspecified atom stereocenters. The predicted molar refractivity (Wildman–Crippen MR) is 58.9 cm³/mol. The number of carboxylic acid groups (broad SMARTS) is 1. The molecule has 5 heteroatoms. The number of aromatic nitrogens is 2. The number of nitrogens with zero attached hydrogens (tertiary/aromatic N) is 2. The van der Waals surface area contributed by atoms with Crippen molar-refractivity contribution in [1.29, 1.82) is 0 Å². The summed E-state index contributed by atoms with van der Waals surface area (Å²) >= 11 is 3.37. The van der Waals surface area contributed by atoms with Crippen LogP contribution in [0.25, 0.3) is 5.65 Å². The fourth-order valence-electron chi connectivity index (χ4n) is 1.33. The van der Waals surface area contributed by atoms with Crippen LogP contribution in [0.3, 0.4) is 0 Å². The molecule has 0 bridgehead atoms. The van der Waals surface area contributed by atoms with Gasteiger partial charge in [-0.3, -0.25) is 4.79 Å². The minimum absolute atomic E-state index is 0.564. The average molecular weight is 269 g/mol. The van der Waals surface area contributed by atoms with Gasteiger partial charge >= 0.3 is 5.97 Å². The van der Waals surface area contributed by atoms with Crippen LogP contribution >= 0.6 is 15.9 Å². The quantitative estimate of drug-likeness (QED) is 0.909. The summed E-state index contributed by atoms with van der Waals surface area (Å²) in [6.45, 7) is 1.62. The van der Waals surface area contributed by atoms with Crippen molar-refractivity contribution in [3.63, 3.8) is 0 Å². The van der Waals surface area contributed by atoms with E-state index < -0.39 is 11.9 Å². The van der Waals surface area contributed by atoms with Gasteiger partial charge < -0.3 is 9.51 Å². The Balaban J connectivity index is 2.56. The predicted octanol–water partition coefficient (Wildman–Crippen LogP) is 2.28. The third-order valence-corrected chi connectivity index (χ3v) is 2.89. The maximum absolute atomic E-state index is 10.8. The molecular formula is C10H9BrN2O2. The summed E-state index contributed by atoms with van der Waals surface area (Å²) in [4.78, 5) is 15.1. The van der Waals surface area contributed by atoms with E-state index in [0.29, 0.717) is 5.69 Å². The fourth-order valence-corrected chi connectivity index (χ4v) is 1.78. The van der Waals surface area contributed by atoms with Gasteiger partial charge in [-0.05, 0) is 35.0 Å². The van der Waals surface area contributed by atoms with Crippen LogP contribution in [-0.4, -0.2) is 20.5 Å². The Morgan fingerprint density at radius 2 is 2.40 bits per heavy atom. The Hall–Kier alpha value is -1.36. The highest BCUT2D eigenvalue weighted by Crippen LogP contribution is 2.20. The zero-order valence-electron chi connectivity index (χ0n) is 8.01. The first-order valence-electron chi connectivity index (χ1n) is 4.45. The van der Waals surface area contributed by atoms with Crippen LogP contribution in [0.1, 0.15) is 18.5 Å². The zero-order valence-corrected chi connectivity index (χ0v) is 9.60. The maximum atomic E-state index is 10.8. The second-order valence-electron chi connectivity index (χ2n) is 3.31. The van der Waals surface area contributed by atoms with Crippen LogP contribution in [0.2, 0.25) is 0 Å². The second-order valence-corrected chi connectivity index (χ2v) is 4.17. The lowest BCUT2D eigenvalue weighted by Crippen LogP contribution is -2.07. The summed E-state index contributed by atoms with van der Waals surface area (Å²) in [7, 11) is 0. The van der Waals surface area contributed by atoms with Crippen molar-refractivity contribution in [2.24, 2.45) is 0 Å². The summed E-state index contributed by atoms with van der Waals surface area (Å²) in [6.07, 6.45) is 3.57. The SMILES string of the molecule is CC(C(=O)O)c1cn2cccc(Br)c2n1. The molecular weight excluding hydrogens is 260 g/mol. The fraction of sp³-hybridized carbons (Fsp3) is 0.200. The number of hydrogen-bond donors (Lipinski definition) is 1. The molecule has 4 nitrogen and oxygen atoms in total. The van der Waals surface area contributed by atoms with Crippen molar-refractivity contribution >= 4 is 27.5 Å². The van der Waals surface area contributed by atoms with Crippen molar-refractivity contribution in [3.05, 3.63) is 34.7 Å². The van der Waals surface area contributed by atoms with Crippen LogP contribution in [0, 0.1) is 0 Å². The maximum Gasteiger partial charge on any atom is 0.312 e. The molecule has 0 amide bonds. The molecule has 1 N–H and O–H groups in total. The molecule has 0 aliphatic heterocycles. The Labute approximate surface area is 94.7 Å². The molecule has 1 atom stereocenters. The molecule has 78 valence electrons. The van der Waals surface area contributed by atoms with Gasteiger partial charge in [0, 0.05) is 12.4 Å². The van der Waals surface area contributed by atoms with Crippen molar-refractivity contribution < 1.29 is 9.90 Å². The Morgan fingerprint density at radius 1 is 1.67 bits per heavy atom. The van der Waals surface area contributed by atoms with Gasteiger partial charge in [-0.25, -0.2) is 4.98 Å². The average Bonchev–Trinajstić information content (AvgIpc) is 2.61. The number of rotatable bonds is 2. The normalized spacial score (nSPS) is 12.9. The van der Waals surface area contributed by atoms with E-state index in [1.54, 1.807) is 17.5 Å². The van der Waals surface area contributed by atoms with Crippen LogP contribution in [0.5, 0.6) is 0 Å². The van der Waals surface area contributed by atoms with E-state index in [1.807, 2.05) is 18.3 Å². The first-order chi connectivity index (χ1) is 7.09. The van der Waals surface area contributed by atoms with Gasteiger partial charge in [-0.2, -0.15) is 0 Å². The number of fused-ring (bicyclic) bond motifs is 1. The van der Waals surface area contributed by atoms with E-state index in [2.05, 4.69) is 20.9 Å². The van der Waals surface area contributed by atoms with Crippen LogP contribution in [0.4, 0.5) is 0 Å². The number of carbonyl (C=O) groups is 1. The summed E-state index contributed by atoms with van der Waals surface area (Å²) in [5.41, 5.74) is 1.30. The van der Waals surface area contributed by atoms with Gasteiger partial charge in [-0.15, -0.1) is 0 Å². The van der Waals surface area contributed by atoms with Gasteiger partial charge in [-0.1, -0.05) is 0 Å². The number of pyridine rings is 1. The highest BCUT2D eigenvalue weighted by atomic mass is 79.9. The van der Waals surface area contributed by atoms with E-state index in [1.165, 1.54) is 0 Å². The summed E-state index contributed by atoms with van der Waals surface area (Å²) in [5, 5.41) is 8.87. The minimum atomic E-state index is -0.866.